The summed E-state index contributed by atoms with van der Waals surface area (Å²) in [4.78, 5) is 15.3. The molecule has 0 fully saturated rings. The van der Waals surface area contributed by atoms with Crippen LogP contribution in [0.15, 0.2) is 24.3 Å². The Hall–Kier alpha value is -1.35. The molecule has 0 saturated carbocycles. The van der Waals surface area contributed by atoms with Gasteiger partial charge in [-0.2, -0.15) is 0 Å². The van der Waals surface area contributed by atoms with Crippen molar-refractivity contribution >= 4 is 11.6 Å². The van der Waals surface area contributed by atoms with Crippen LogP contribution in [-0.4, -0.2) is 31.4 Å². The van der Waals surface area contributed by atoms with Crippen molar-refractivity contribution in [1.82, 2.24) is 4.90 Å². The summed E-state index contributed by atoms with van der Waals surface area (Å²) >= 11 is 0. The number of nitrogens with zero attached hydrogens (tertiary/aromatic N) is 2. The topological polar surface area (TPSA) is 23.6 Å². The molecule has 0 heterocycles. The van der Waals surface area contributed by atoms with Crippen LogP contribution >= 0.6 is 0 Å². The first kappa shape index (κ1) is 12.7. The van der Waals surface area contributed by atoms with E-state index in [9.17, 15) is 4.79 Å². The molecule has 1 aromatic carbocycles. The van der Waals surface area contributed by atoms with Crippen molar-refractivity contribution in [3.8, 4) is 0 Å². The molecule has 0 N–H and O–H groups in total. The SMILES string of the molecule is CCN(C)Cc1ccccc1N(C)C(C)=O. The minimum atomic E-state index is 0.0617. The van der Waals surface area contributed by atoms with Gasteiger partial charge in [0.25, 0.3) is 0 Å². The molecule has 3 nitrogen and oxygen atoms in total. The lowest BCUT2D eigenvalue weighted by Gasteiger charge is -2.22. The van der Waals surface area contributed by atoms with Gasteiger partial charge in [-0.1, -0.05) is 25.1 Å². The normalized spacial score (nSPS) is 10.6. The first-order valence-electron chi connectivity index (χ1n) is 5.57. The summed E-state index contributed by atoms with van der Waals surface area (Å²) in [7, 11) is 3.89. The first-order chi connectivity index (χ1) is 7.56. The van der Waals surface area contributed by atoms with Gasteiger partial charge >= 0.3 is 0 Å². The van der Waals surface area contributed by atoms with Crippen LogP contribution in [0, 0.1) is 0 Å². The molecular formula is C13H20N2O. The van der Waals surface area contributed by atoms with E-state index in [0.717, 1.165) is 18.8 Å². The summed E-state index contributed by atoms with van der Waals surface area (Å²) in [5.74, 6) is 0.0617. The Morgan fingerprint density at radius 3 is 2.44 bits per heavy atom. The highest BCUT2D eigenvalue weighted by Crippen LogP contribution is 2.20. The summed E-state index contributed by atoms with van der Waals surface area (Å²) in [6.07, 6.45) is 0. The number of carbonyl (C=O) groups excluding carboxylic acids is 1. The van der Waals surface area contributed by atoms with Crippen LogP contribution in [0.2, 0.25) is 0 Å². The molecule has 0 aliphatic carbocycles. The summed E-state index contributed by atoms with van der Waals surface area (Å²) in [5, 5.41) is 0. The zero-order valence-electron chi connectivity index (χ0n) is 10.5. The van der Waals surface area contributed by atoms with Crippen LogP contribution in [0.4, 0.5) is 5.69 Å². The Morgan fingerprint density at radius 2 is 1.88 bits per heavy atom. The number of benzene rings is 1. The van der Waals surface area contributed by atoms with E-state index in [0.29, 0.717) is 0 Å². The molecule has 0 aromatic heterocycles. The Morgan fingerprint density at radius 1 is 1.25 bits per heavy atom. The maximum Gasteiger partial charge on any atom is 0.223 e. The molecule has 0 radical (unpaired) electrons. The second-order valence-corrected chi connectivity index (χ2v) is 4.04. The second kappa shape index (κ2) is 5.66. The van der Waals surface area contributed by atoms with E-state index in [1.807, 2.05) is 25.2 Å². The highest BCUT2D eigenvalue weighted by atomic mass is 16.2. The van der Waals surface area contributed by atoms with Gasteiger partial charge < -0.3 is 9.80 Å². The van der Waals surface area contributed by atoms with Crippen molar-refractivity contribution < 1.29 is 4.79 Å². The Balaban J connectivity index is 2.95. The van der Waals surface area contributed by atoms with Crippen LogP contribution in [0.3, 0.4) is 0 Å². The molecule has 1 amide bonds. The predicted octanol–water partition coefficient (Wildman–Crippen LogP) is 2.12. The number of hydrogen-bond donors (Lipinski definition) is 0. The van der Waals surface area contributed by atoms with Gasteiger partial charge in [-0.15, -0.1) is 0 Å². The van der Waals surface area contributed by atoms with E-state index >= 15 is 0 Å². The van der Waals surface area contributed by atoms with E-state index in [1.165, 1.54) is 5.56 Å². The van der Waals surface area contributed by atoms with E-state index in [2.05, 4.69) is 24.9 Å². The van der Waals surface area contributed by atoms with Crippen molar-refractivity contribution in [1.29, 1.82) is 0 Å². The van der Waals surface area contributed by atoms with Crippen LogP contribution in [0.25, 0.3) is 0 Å². The molecule has 16 heavy (non-hydrogen) atoms. The lowest BCUT2D eigenvalue weighted by molar-refractivity contribution is -0.116. The molecule has 0 bridgehead atoms. The number of amides is 1. The molecule has 0 unspecified atom stereocenters. The molecule has 1 rings (SSSR count). The van der Waals surface area contributed by atoms with Crippen molar-refractivity contribution in [2.75, 3.05) is 25.5 Å². The van der Waals surface area contributed by atoms with E-state index in [1.54, 1.807) is 11.8 Å². The smallest absolute Gasteiger partial charge is 0.223 e. The molecule has 3 heteroatoms. The maximum atomic E-state index is 11.4. The zero-order valence-corrected chi connectivity index (χ0v) is 10.5. The molecule has 0 spiro atoms. The molecular weight excluding hydrogens is 200 g/mol. The Labute approximate surface area is 97.7 Å². The summed E-state index contributed by atoms with van der Waals surface area (Å²) in [5.41, 5.74) is 2.18. The fourth-order valence-electron chi connectivity index (χ4n) is 1.54. The van der Waals surface area contributed by atoms with Gasteiger partial charge in [-0.05, 0) is 25.2 Å². The van der Waals surface area contributed by atoms with Crippen LogP contribution in [0.5, 0.6) is 0 Å². The molecule has 0 aliphatic rings. The van der Waals surface area contributed by atoms with Crippen LogP contribution in [-0.2, 0) is 11.3 Å². The molecule has 88 valence electrons. The number of anilines is 1. The van der Waals surface area contributed by atoms with Crippen molar-refractivity contribution in [3.63, 3.8) is 0 Å². The van der Waals surface area contributed by atoms with Gasteiger partial charge in [-0.3, -0.25) is 4.79 Å². The minimum Gasteiger partial charge on any atom is -0.315 e. The van der Waals surface area contributed by atoms with Gasteiger partial charge in [0.15, 0.2) is 0 Å². The standard InChI is InChI=1S/C13H20N2O/c1-5-14(3)10-12-8-6-7-9-13(12)15(4)11(2)16/h6-9H,5,10H2,1-4H3. The lowest BCUT2D eigenvalue weighted by atomic mass is 10.1. The summed E-state index contributed by atoms with van der Waals surface area (Å²) < 4.78 is 0. The lowest BCUT2D eigenvalue weighted by Crippen LogP contribution is -2.25. The quantitative estimate of drug-likeness (QED) is 0.776. The van der Waals surface area contributed by atoms with E-state index in [-0.39, 0.29) is 5.91 Å². The van der Waals surface area contributed by atoms with Gasteiger partial charge in [0.1, 0.15) is 0 Å². The largest absolute Gasteiger partial charge is 0.315 e. The predicted molar refractivity (Wildman–Crippen MR) is 67.5 cm³/mol. The van der Waals surface area contributed by atoms with E-state index < -0.39 is 0 Å². The zero-order chi connectivity index (χ0) is 12.1. The number of rotatable bonds is 4. The third kappa shape index (κ3) is 3.07. The van der Waals surface area contributed by atoms with Gasteiger partial charge in [0.05, 0.1) is 0 Å². The molecule has 1 aromatic rings. The maximum absolute atomic E-state index is 11.4. The van der Waals surface area contributed by atoms with Crippen LogP contribution in [0.1, 0.15) is 19.4 Å². The Kier molecular flexibility index (Phi) is 4.50. The van der Waals surface area contributed by atoms with Gasteiger partial charge in [-0.25, -0.2) is 0 Å². The average Bonchev–Trinajstić information content (AvgIpc) is 2.28. The Bertz CT molecular complexity index is 363. The van der Waals surface area contributed by atoms with Gasteiger partial charge in [0, 0.05) is 26.2 Å². The third-order valence-electron chi connectivity index (χ3n) is 2.81. The highest BCUT2D eigenvalue weighted by Gasteiger charge is 2.10. The summed E-state index contributed by atoms with van der Waals surface area (Å²) in [6, 6.07) is 8.03. The summed E-state index contributed by atoms with van der Waals surface area (Å²) in [6.45, 7) is 5.57. The number of hydrogen-bond acceptors (Lipinski definition) is 2. The van der Waals surface area contributed by atoms with Crippen molar-refractivity contribution in [2.45, 2.75) is 20.4 Å². The number of para-hydroxylation sites is 1. The van der Waals surface area contributed by atoms with Gasteiger partial charge in [0.2, 0.25) is 5.91 Å². The molecule has 0 aliphatic heterocycles. The average molecular weight is 220 g/mol. The highest BCUT2D eigenvalue weighted by molar-refractivity contribution is 5.91. The third-order valence-corrected chi connectivity index (χ3v) is 2.81. The monoisotopic (exact) mass is 220 g/mol. The number of carbonyl (C=O) groups is 1. The van der Waals surface area contributed by atoms with Crippen molar-refractivity contribution in [2.24, 2.45) is 0 Å². The minimum absolute atomic E-state index is 0.0617. The first-order valence-corrected chi connectivity index (χ1v) is 5.57. The second-order valence-electron chi connectivity index (χ2n) is 4.04. The van der Waals surface area contributed by atoms with Crippen LogP contribution < -0.4 is 4.90 Å². The fraction of sp³-hybridized carbons (Fsp3) is 0.462. The van der Waals surface area contributed by atoms with E-state index in [4.69, 9.17) is 0 Å². The molecule has 0 atom stereocenters. The van der Waals surface area contributed by atoms with Crippen molar-refractivity contribution in [3.05, 3.63) is 29.8 Å². The fourth-order valence-corrected chi connectivity index (χ4v) is 1.54. The molecule has 0 saturated heterocycles.